The van der Waals surface area contributed by atoms with E-state index in [1.54, 1.807) is 6.21 Å². The molecule has 0 aromatic rings. The van der Waals surface area contributed by atoms with E-state index in [-0.39, 0.29) is 0 Å². The van der Waals surface area contributed by atoms with Gasteiger partial charge in [-0.15, -0.1) is 0 Å². The first-order valence-electron chi connectivity index (χ1n) is 3.88. The lowest BCUT2D eigenvalue weighted by atomic mass is 10.2. The van der Waals surface area contributed by atoms with Gasteiger partial charge in [-0.2, -0.15) is 0 Å². The van der Waals surface area contributed by atoms with Crippen LogP contribution in [0, 0.1) is 0 Å². The fourth-order valence-electron chi connectivity index (χ4n) is 0.648. The van der Waals surface area contributed by atoms with E-state index in [4.69, 9.17) is 17.3 Å². The van der Waals surface area contributed by atoms with Gasteiger partial charge in [0, 0.05) is 19.0 Å². The van der Waals surface area contributed by atoms with Crippen LogP contribution < -0.4 is 5.73 Å². The van der Waals surface area contributed by atoms with Crippen molar-refractivity contribution in [1.29, 1.82) is 0 Å². The van der Waals surface area contributed by atoms with E-state index >= 15 is 0 Å². The smallest absolute Gasteiger partial charge is 0.0738 e. The number of nitrogens with zero attached hydrogens (tertiary/aromatic N) is 1. The third kappa shape index (κ3) is 7.40. The molecule has 64 valence electrons. The third-order valence-corrected chi connectivity index (χ3v) is 1.49. The highest BCUT2D eigenvalue weighted by Crippen LogP contribution is 1.96. The van der Waals surface area contributed by atoms with Crippen molar-refractivity contribution in [2.45, 2.75) is 26.2 Å². The average molecular weight is 175 g/mol. The van der Waals surface area contributed by atoms with Crippen LogP contribution in [-0.2, 0) is 0 Å². The average Bonchev–Trinajstić information content (AvgIpc) is 2.04. The lowest BCUT2D eigenvalue weighted by Crippen LogP contribution is -1.85. The predicted molar refractivity (Wildman–Crippen MR) is 51.0 cm³/mol. The van der Waals surface area contributed by atoms with E-state index < -0.39 is 0 Å². The van der Waals surface area contributed by atoms with Gasteiger partial charge in [-0.3, -0.25) is 4.99 Å². The number of hydrogen-bond donors (Lipinski definition) is 1. The lowest BCUT2D eigenvalue weighted by Gasteiger charge is -1.91. The molecule has 0 saturated heterocycles. The summed E-state index contributed by atoms with van der Waals surface area (Å²) >= 11 is 5.56. The first-order chi connectivity index (χ1) is 5.31. The van der Waals surface area contributed by atoms with Gasteiger partial charge < -0.3 is 5.73 Å². The summed E-state index contributed by atoms with van der Waals surface area (Å²) in [5, 5.41) is 0.501. The van der Waals surface area contributed by atoms with E-state index in [1.165, 1.54) is 19.0 Å². The molecule has 0 aliphatic rings. The van der Waals surface area contributed by atoms with Crippen molar-refractivity contribution in [3.63, 3.8) is 0 Å². The van der Waals surface area contributed by atoms with Gasteiger partial charge in [-0.05, 0) is 6.42 Å². The van der Waals surface area contributed by atoms with Crippen molar-refractivity contribution in [3.05, 3.63) is 11.2 Å². The molecule has 0 aliphatic carbocycles. The lowest BCUT2D eigenvalue weighted by molar-refractivity contribution is 0.729. The zero-order valence-corrected chi connectivity index (χ0v) is 7.64. The highest BCUT2D eigenvalue weighted by atomic mass is 35.5. The Bertz CT molecular complexity index is 141. The zero-order valence-electron chi connectivity index (χ0n) is 6.89. The van der Waals surface area contributed by atoms with E-state index in [1.807, 2.05) is 0 Å². The van der Waals surface area contributed by atoms with Gasteiger partial charge in [0.05, 0.1) is 5.03 Å². The minimum atomic E-state index is 0.501. The largest absolute Gasteiger partial charge is 0.403 e. The molecule has 0 radical (unpaired) electrons. The Morgan fingerprint density at radius 1 is 1.55 bits per heavy atom. The fraction of sp³-hybridized carbons (Fsp3) is 0.625. The molecule has 0 aromatic carbocycles. The van der Waals surface area contributed by atoms with Crippen LogP contribution in [0.15, 0.2) is 16.2 Å². The second-order valence-electron chi connectivity index (χ2n) is 2.29. The molecule has 0 aliphatic heterocycles. The van der Waals surface area contributed by atoms with Crippen molar-refractivity contribution in [2.24, 2.45) is 10.7 Å². The summed E-state index contributed by atoms with van der Waals surface area (Å²) in [5.41, 5.74) is 5.13. The van der Waals surface area contributed by atoms with Crippen molar-refractivity contribution in [3.8, 4) is 0 Å². The molecule has 0 heterocycles. The standard InChI is InChI=1S/C8H15ClN2/c1-2-3-4-5-11-7-8(9)6-10/h6-7H,2-5,10H2,1H3. The number of nitrogens with two attached hydrogens (primary N) is 1. The van der Waals surface area contributed by atoms with Gasteiger partial charge in [0.2, 0.25) is 0 Å². The van der Waals surface area contributed by atoms with Crippen LogP contribution in [-0.4, -0.2) is 12.8 Å². The SMILES string of the molecule is CCCCCN=CC(Cl)=CN. The van der Waals surface area contributed by atoms with Crippen LogP contribution in [0.1, 0.15) is 26.2 Å². The summed E-state index contributed by atoms with van der Waals surface area (Å²) in [4.78, 5) is 4.07. The Labute approximate surface area is 73.1 Å². The molecule has 0 atom stereocenters. The van der Waals surface area contributed by atoms with Crippen molar-refractivity contribution in [2.75, 3.05) is 6.54 Å². The van der Waals surface area contributed by atoms with Crippen molar-refractivity contribution in [1.82, 2.24) is 0 Å². The maximum Gasteiger partial charge on any atom is 0.0738 e. The van der Waals surface area contributed by atoms with Crippen LogP contribution in [0.4, 0.5) is 0 Å². The molecular weight excluding hydrogens is 160 g/mol. The number of allylic oxidation sites excluding steroid dienone is 1. The summed E-state index contributed by atoms with van der Waals surface area (Å²) in [5.74, 6) is 0. The van der Waals surface area contributed by atoms with Gasteiger partial charge in [0.25, 0.3) is 0 Å². The minimum Gasteiger partial charge on any atom is -0.403 e. The molecule has 0 amide bonds. The Morgan fingerprint density at radius 3 is 2.82 bits per heavy atom. The first-order valence-corrected chi connectivity index (χ1v) is 4.26. The quantitative estimate of drug-likeness (QED) is 0.504. The summed E-state index contributed by atoms with van der Waals surface area (Å²) in [6.45, 7) is 3.01. The van der Waals surface area contributed by atoms with Gasteiger partial charge in [-0.1, -0.05) is 31.4 Å². The van der Waals surface area contributed by atoms with E-state index in [0.717, 1.165) is 13.0 Å². The normalized spacial score (nSPS) is 12.7. The summed E-state index contributed by atoms with van der Waals surface area (Å²) in [6, 6.07) is 0. The monoisotopic (exact) mass is 174 g/mol. The highest BCUT2D eigenvalue weighted by molar-refractivity contribution is 6.39. The van der Waals surface area contributed by atoms with Gasteiger partial charge in [0.15, 0.2) is 0 Å². The molecule has 0 fully saturated rings. The zero-order chi connectivity index (χ0) is 8.53. The fourth-order valence-corrected chi connectivity index (χ4v) is 0.717. The van der Waals surface area contributed by atoms with Crippen LogP contribution in [0.2, 0.25) is 0 Å². The Balaban J connectivity index is 3.30. The topological polar surface area (TPSA) is 38.4 Å². The van der Waals surface area contributed by atoms with Crippen LogP contribution >= 0.6 is 11.6 Å². The molecular formula is C8H15ClN2. The van der Waals surface area contributed by atoms with Crippen molar-refractivity contribution >= 4 is 17.8 Å². The molecule has 2 N–H and O–H groups in total. The molecule has 0 spiro atoms. The van der Waals surface area contributed by atoms with Crippen LogP contribution in [0.25, 0.3) is 0 Å². The third-order valence-electron chi connectivity index (χ3n) is 1.26. The van der Waals surface area contributed by atoms with Crippen molar-refractivity contribution < 1.29 is 0 Å². The van der Waals surface area contributed by atoms with E-state index in [0.29, 0.717) is 5.03 Å². The van der Waals surface area contributed by atoms with Gasteiger partial charge in [0.1, 0.15) is 0 Å². The maximum absolute atomic E-state index is 5.56. The highest BCUT2D eigenvalue weighted by Gasteiger charge is 1.83. The van der Waals surface area contributed by atoms with Gasteiger partial charge >= 0.3 is 0 Å². The van der Waals surface area contributed by atoms with E-state index in [2.05, 4.69) is 11.9 Å². The van der Waals surface area contributed by atoms with Gasteiger partial charge in [-0.25, -0.2) is 0 Å². The molecule has 0 saturated carbocycles. The van der Waals surface area contributed by atoms with E-state index in [9.17, 15) is 0 Å². The molecule has 2 nitrogen and oxygen atoms in total. The molecule has 0 rings (SSSR count). The Morgan fingerprint density at radius 2 is 2.27 bits per heavy atom. The number of rotatable bonds is 5. The minimum absolute atomic E-state index is 0.501. The number of aliphatic imine (C=N–C) groups is 1. The van der Waals surface area contributed by atoms with Crippen LogP contribution in [0.3, 0.4) is 0 Å². The molecule has 11 heavy (non-hydrogen) atoms. The molecule has 0 aromatic heterocycles. The number of hydrogen-bond acceptors (Lipinski definition) is 2. The molecule has 0 bridgehead atoms. The molecule has 3 heteroatoms. The second-order valence-corrected chi connectivity index (χ2v) is 2.73. The summed E-state index contributed by atoms with van der Waals surface area (Å²) in [6.07, 6.45) is 6.50. The second kappa shape index (κ2) is 7.61. The Hall–Kier alpha value is -0.500. The predicted octanol–water partition coefficient (Wildman–Crippen LogP) is 2.29. The maximum atomic E-state index is 5.56. The summed E-state index contributed by atoms with van der Waals surface area (Å²) < 4.78 is 0. The molecule has 0 unspecified atom stereocenters. The number of unbranched alkanes of at least 4 members (excludes halogenated alkanes) is 2. The van der Waals surface area contributed by atoms with Crippen LogP contribution in [0.5, 0.6) is 0 Å². The number of halogens is 1. The first kappa shape index (κ1) is 10.5. The Kier molecular flexibility index (Phi) is 7.26. The summed E-state index contributed by atoms with van der Waals surface area (Å²) in [7, 11) is 0.